The Bertz CT molecular complexity index is 490. The van der Waals surface area contributed by atoms with Crippen molar-refractivity contribution in [1.82, 2.24) is 4.90 Å². The van der Waals surface area contributed by atoms with Crippen LogP contribution in [-0.2, 0) is 6.42 Å². The summed E-state index contributed by atoms with van der Waals surface area (Å²) in [5.41, 5.74) is 7.46. The molecule has 130 valence electrons. The molecule has 1 aliphatic heterocycles. The first-order valence-corrected chi connectivity index (χ1v) is 8.26. The maximum Gasteiger partial charge on any atom is 0.191 e. The number of aliphatic imine (C=N–C) groups is 1. The lowest BCUT2D eigenvalue weighted by Gasteiger charge is -2.31. The summed E-state index contributed by atoms with van der Waals surface area (Å²) in [6, 6.07) is 8.26. The molecule has 2 unspecified atom stereocenters. The average Bonchev–Trinajstić information content (AvgIpc) is 2.53. The summed E-state index contributed by atoms with van der Waals surface area (Å²) < 4.78 is 5.19. The van der Waals surface area contributed by atoms with E-state index in [1.165, 1.54) is 18.4 Å². The Morgan fingerprint density at radius 3 is 2.70 bits per heavy atom. The molecule has 23 heavy (non-hydrogen) atoms. The summed E-state index contributed by atoms with van der Waals surface area (Å²) in [4.78, 5) is 6.84. The number of halogens is 1. The van der Waals surface area contributed by atoms with Gasteiger partial charge < -0.3 is 15.4 Å². The van der Waals surface area contributed by atoms with E-state index in [-0.39, 0.29) is 24.0 Å². The second-order valence-corrected chi connectivity index (χ2v) is 6.55. The van der Waals surface area contributed by atoms with Gasteiger partial charge in [0, 0.05) is 19.6 Å². The van der Waals surface area contributed by atoms with E-state index in [1.54, 1.807) is 7.11 Å². The molecule has 2 atom stereocenters. The second kappa shape index (κ2) is 10.0. The minimum absolute atomic E-state index is 0. The van der Waals surface area contributed by atoms with Gasteiger partial charge in [-0.25, -0.2) is 0 Å². The number of hydrogen-bond donors (Lipinski definition) is 1. The zero-order valence-corrected chi connectivity index (χ0v) is 16.8. The van der Waals surface area contributed by atoms with Gasteiger partial charge in [0.05, 0.1) is 7.11 Å². The Hall–Kier alpha value is -0.980. The molecule has 2 N–H and O–H groups in total. The molecule has 1 fully saturated rings. The fourth-order valence-electron chi connectivity index (χ4n) is 2.98. The number of benzene rings is 1. The van der Waals surface area contributed by atoms with E-state index < -0.39 is 0 Å². The molecule has 4 nitrogen and oxygen atoms in total. The first kappa shape index (κ1) is 20.1. The molecule has 1 aliphatic rings. The normalized spacial score (nSPS) is 19.9. The highest BCUT2D eigenvalue weighted by Gasteiger charge is 2.17. The van der Waals surface area contributed by atoms with Crippen LogP contribution < -0.4 is 10.5 Å². The number of hydrogen-bond acceptors (Lipinski definition) is 2. The molecule has 0 amide bonds. The van der Waals surface area contributed by atoms with E-state index in [2.05, 4.69) is 35.9 Å². The Morgan fingerprint density at radius 2 is 2.09 bits per heavy atom. The number of likely N-dealkylation sites (tertiary alicyclic amines) is 1. The highest BCUT2D eigenvalue weighted by Crippen LogP contribution is 2.16. The topological polar surface area (TPSA) is 50.9 Å². The lowest BCUT2D eigenvalue weighted by Crippen LogP contribution is -2.43. The number of rotatable bonds is 5. The van der Waals surface area contributed by atoms with Crippen molar-refractivity contribution >= 4 is 29.9 Å². The van der Waals surface area contributed by atoms with Gasteiger partial charge >= 0.3 is 0 Å². The van der Waals surface area contributed by atoms with Gasteiger partial charge in [-0.3, -0.25) is 4.99 Å². The zero-order valence-electron chi connectivity index (χ0n) is 14.5. The van der Waals surface area contributed by atoms with Gasteiger partial charge in [-0.15, -0.1) is 24.0 Å². The number of piperidine rings is 1. The Morgan fingerprint density at radius 1 is 1.39 bits per heavy atom. The molecule has 0 saturated carbocycles. The summed E-state index contributed by atoms with van der Waals surface area (Å²) in [7, 11) is 1.69. The van der Waals surface area contributed by atoms with Gasteiger partial charge in [-0.1, -0.05) is 26.0 Å². The van der Waals surface area contributed by atoms with E-state index in [9.17, 15) is 0 Å². The van der Waals surface area contributed by atoms with Crippen LogP contribution in [0.2, 0.25) is 0 Å². The monoisotopic (exact) mass is 431 g/mol. The predicted octanol–water partition coefficient (Wildman–Crippen LogP) is 3.54. The number of ether oxygens (including phenoxy) is 1. The fourth-order valence-corrected chi connectivity index (χ4v) is 2.98. The maximum atomic E-state index is 6.15. The molecule has 2 rings (SSSR count). The molecule has 5 heteroatoms. The van der Waals surface area contributed by atoms with Gasteiger partial charge in [-0.05, 0) is 48.8 Å². The molecule has 1 aromatic carbocycles. The third-order valence-electron chi connectivity index (χ3n) is 4.29. The summed E-state index contributed by atoms with van der Waals surface area (Å²) in [6.07, 6.45) is 3.54. The van der Waals surface area contributed by atoms with E-state index in [4.69, 9.17) is 10.5 Å². The predicted molar refractivity (Wildman–Crippen MR) is 108 cm³/mol. The molecule has 0 spiro atoms. The van der Waals surface area contributed by atoms with Gasteiger partial charge in [0.2, 0.25) is 0 Å². The quantitative estimate of drug-likeness (QED) is 0.441. The van der Waals surface area contributed by atoms with Crippen LogP contribution in [0, 0.1) is 11.8 Å². The fraction of sp³-hybridized carbons (Fsp3) is 0.611. The molecule has 0 radical (unpaired) electrons. The molecule has 0 bridgehead atoms. The lowest BCUT2D eigenvalue weighted by molar-refractivity contribution is 0.270. The minimum Gasteiger partial charge on any atom is -0.497 e. The molecule has 1 saturated heterocycles. The second-order valence-electron chi connectivity index (χ2n) is 6.55. The Balaban J connectivity index is 0.00000264. The van der Waals surface area contributed by atoms with E-state index in [0.717, 1.165) is 37.7 Å². The van der Waals surface area contributed by atoms with Crippen molar-refractivity contribution in [1.29, 1.82) is 0 Å². The van der Waals surface area contributed by atoms with Crippen molar-refractivity contribution < 1.29 is 4.74 Å². The van der Waals surface area contributed by atoms with Crippen LogP contribution in [0.15, 0.2) is 29.3 Å². The van der Waals surface area contributed by atoms with Crippen LogP contribution in [0.3, 0.4) is 0 Å². The Kier molecular flexibility index (Phi) is 8.73. The van der Waals surface area contributed by atoms with E-state index in [0.29, 0.717) is 11.9 Å². The highest BCUT2D eigenvalue weighted by molar-refractivity contribution is 14.0. The lowest BCUT2D eigenvalue weighted by atomic mass is 10.0. The van der Waals surface area contributed by atoms with Crippen LogP contribution in [-0.4, -0.2) is 37.6 Å². The van der Waals surface area contributed by atoms with Gasteiger partial charge in [-0.2, -0.15) is 0 Å². The third kappa shape index (κ3) is 6.57. The smallest absolute Gasteiger partial charge is 0.191 e. The Labute approximate surface area is 157 Å². The summed E-state index contributed by atoms with van der Waals surface area (Å²) >= 11 is 0. The van der Waals surface area contributed by atoms with Gasteiger partial charge in [0.15, 0.2) is 5.96 Å². The van der Waals surface area contributed by atoms with Crippen molar-refractivity contribution in [2.75, 3.05) is 26.7 Å². The van der Waals surface area contributed by atoms with Crippen LogP contribution in [0.4, 0.5) is 0 Å². The molecule has 1 heterocycles. The zero-order chi connectivity index (χ0) is 15.9. The summed E-state index contributed by atoms with van der Waals surface area (Å²) in [5, 5.41) is 0. The average molecular weight is 431 g/mol. The van der Waals surface area contributed by atoms with Crippen molar-refractivity contribution in [3.8, 4) is 5.75 Å². The van der Waals surface area contributed by atoms with E-state index in [1.807, 2.05) is 12.1 Å². The van der Waals surface area contributed by atoms with Crippen LogP contribution in [0.25, 0.3) is 0 Å². The number of methoxy groups -OCH3 is 1. The molecule has 0 aromatic heterocycles. The first-order chi connectivity index (χ1) is 10.6. The van der Waals surface area contributed by atoms with Crippen molar-refractivity contribution in [3.05, 3.63) is 29.8 Å². The van der Waals surface area contributed by atoms with Crippen LogP contribution in [0.5, 0.6) is 5.75 Å². The van der Waals surface area contributed by atoms with E-state index >= 15 is 0 Å². The van der Waals surface area contributed by atoms with Crippen molar-refractivity contribution in [2.45, 2.75) is 33.1 Å². The van der Waals surface area contributed by atoms with Crippen molar-refractivity contribution in [2.24, 2.45) is 22.6 Å². The summed E-state index contributed by atoms with van der Waals surface area (Å²) in [6.45, 7) is 7.38. The van der Waals surface area contributed by atoms with Crippen LogP contribution >= 0.6 is 24.0 Å². The molecule has 0 aliphatic carbocycles. The standard InChI is InChI=1S/C18H29N3O.HI/c1-14-5-4-10-21(13-14)18(19)20-12-15(2)11-16-6-8-17(22-3)9-7-16;/h6-9,14-15H,4-5,10-13H2,1-3H3,(H2,19,20);1H. The van der Waals surface area contributed by atoms with Gasteiger partial charge in [0.1, 0.15) is 5.75 Å². The number of nitrogens with zero attached hydrogens (tertiary/aromatic N) is 2. The summed E-state index contributed by atoms with van der Waals surface area (Å²) in [5.74, 6) is 2.82. The third-order valence-corrected chi connectivity index (χ3v) is 4.29. The molecule has 1 aromatic rings. The molecular formula is C18H30IN3O. The van der Waals surface area contributed by atoms with Crippen molar-refractivity contribution in [3.63, 3.8) is 0 Å². The van der Waals surface area contributed by atoms with Gasteiger partial charge in [0.25, 0.3) is 0 Å². The minimum atomic E-state index is 0. The SMILES string of the molecule is COc1ccc(CC(C)CN=C(N)N2CCCC(C)C2)cc1.I. The first-order valence-electron chi connectivity index (χ1n) is 8.26. The number of nitrogens with two attached hydrogens (primary N) is 1. The molecular weight excluding hydrogens is 401 g/mol. The maximum absolute atomic E-state index is 6.15. The highest BCUT2D eigenvalue weighted by atomic mass is 127. The largest absolute Gasteiger partial charge is 0.497 e. The van der Waals surface area contributed by atoms with Crippen LogP contribution in [0.1, 0.15) is 32.3 Å². The number of guanidine groups is 1.